The topological polar surface area (TPSA) is 12.0 Å². The van der Waals surface area contributed by atoms with E-state index in [2.05, 4.69) is 135 Å². The Hall–Kier alpha value is -3.06. The van der Waals surface area contributed by atoms with Crippen LogP contribution in [0.2, 0.25) is 0 Å². The summed E-state index contributed by atoms with van der Waals surface area (Å²) in [7, 11) is 0. The number of benzene rings is 2. The van der Waals surface area contributed by atoms with Gasteiger partial charge in [0.25, 0.3) is 0 Å². The van der Waals surface area contributed by atoms with Gasteiger partial charge in [0.1, 0.15) is 0 Å². The third-order valence-corrected chi connectivity index (χ3v) is 5.89. The molecule has 2 aromatic rings. The largest absolute Gasteiger partial charge is 0.356 e. The number of rotatable bonds is 11. The molecule has 0 fully saturated rings. The molecule has 1 N–H and O–H groups in total. The van der Waals surface area contributed by atoms with Crippen LogP contribution < -0.4 is 5.32 Å². The third kappa shape index (κ3) is 19.1. The van der Waals surface area contributed by atoms with Gasteiger partial charge in [-0.2, -0.15) is 0 Å². The first-order chi connectivity index (χ1) is 19.0. The van der Waals surface area contributed by atoms with Gasteiger partial charge in [-0.3, -0.25) is 0 Å². The van der Waals surface area contributed by atoms with Gasteiger partial charge in [0.05, 0.1) is 0 Å². The molecule has 0 aliphatic heterocycles. The average molecular weight is 544 g/mol. The lowest BCUT2D eigenvalue weighted by Gasteiger charge is -2.16. The molecular weight excluding hydrogens is 482 g/mol. The summed E-state index contributed by atoms with van der Waals surface area (Å²) in [5, 5.41) is 3.51. The Labute approximate surface area is 249 Å². The lowest BCUT2D eigenvalue weighted by molar-refractivity contribution is 0.791. The first-order valence-corrected chi connectivity index (χ1v) is 15.2. The summed E-state index contributed by atoms with van der Waals surface area (Å²) in [6, 6.07) is 15.2. The van der Waals surface area contributed by atoms with E-state index in [4.69, 9.17) is 0 Å². The number of anilines is 1. The van der Waals surface area contributed by atoms with E-state index < -0.39 is 0 Å². The minimum Gasteiger partial charge on any atom is -0.356 e. The summed E-state index contributed by atoms with van der Waals surface area (Å²) in [4.78, 5) is 0. The number of hydrogen-bond acceptors (Lipinski definition) is 1. The number of hydrogen-bond donors (Lipinski definition) is 1. The predicted octanol–water partition coefficient (Wildman–Crippen LogP) is 12.8. The maximum Gasteiger partial charge on any atom is 0.0422 e. The molecule has 0 radical (unpaired) electrons. The number of allylic oxidation sites excluding steroid dienone is 6. The fraction of sp³-hybridized carbons (Fsp3) is 0.436. The Morgan fingerprint density at radius 1 is 0.800 bits per heavy atom. The van der Waals surface area contributed by atoms with Crippen molar-refractivity contribution in [2.24, 2.45) is 0 Å². The molecule has 40 heavy (non-hydrogen) atoms. The molecule has 0 heterocycles. The van der Waals surface area contributed by atoms with E-state index in [0.29, 0.717) is 0 Å². The van der Waals surface area contributed by atoms with E-state index in [0.717, 1.165) is 29.0 Å². The van der Waals surface area contributed by atoms with Crippen molar-refractivity contribution in [3.05, 3.63) is 120 Å². The van der Waals surface area contributed by atoms with Crippen molar-refractivity contribution in [2.45, 2.75) is 114 Å². The number of aryl methyl sites for hydroxylation is 3. The molecule has 0 bridgehead atoms. The highest BCUT2D eigenvalue weighted by atomic mass is 14.9. The maximum absolute atomic E-state index is 4.19. The van der Waals surface area contributed by atoms with Crippen LogP contribution in [0.3, 0.4) is 0 Å². The number of nitrogens with one attached hydrogen (secondary N) is 1. The van der Waals surface area contributed by atoms with Crippen LogP contribution in [0.5, 0.6) is 0 Å². The van der Waals surface area contributed by atoms with Gasteiger partial charge in [-0.15, -0.1) is 6.58 Å². The molecule has 0 aromatic heterocycles. The van der Waals surface area contributed by atoms with E-state index in [-0.39, 0.29) is 0 Å². The molecule has 1 heteroatoms. The second-order valence-electron chi connectivity index (χ2n) is 10.6. The van der Waals surface area contributed by atoms with Crippen LogP contribution in [0.4, 0.5) is 5.69 Å². The molecule has 0 amide bonds. The summed E-state index contributed by atoms with van der Waals surface area (Å²) in [6.07, 6.45) is 14.5. The van der Waals surface area contributed by atoms with Crippen LogP contribution in [0.25, 0.3) is 5.57 Å². The van der Waals surface area contributed by atoms with Crippen LogP contribution in [0.1, 0.15) is 117 Å². The van der Waals surface area contributed by atoms with Crippen molar-refractivity contribution < 1.29 is 0 Å². The van der Waals surface area contributed by atoms with Crippen molar-refractivity contribution in [3.63, 3.8) is 0 Å². The molecule has 222 valence electrons. The summed E-state index contributed by atoms with van der Waals surface area (Å²) in [5.41, 5.74) is 11.1. The van der Waals surface area contributed by atoms with Gasteiger partial charge >= 0.3 is 0 Å². The van der Waals surface area contributed by atoms with E-state index in [1.807, 2.05) is 13.8 Å². The molecule has 0 spiro atoms. The van der Waals surface area contributed by atoms with E-state index in [9.17, 15) is 0 Å². The molecule has 2 rings (SSSR count). The lowest BCUT2D eigenvalue weighted by atomic mass is 10.0. The highest BCUT2D eigenvalue weighted by Crippen LogP contribution is 2.26. The first-order valence-electron chi connectivity index (χ1n) is 15.2. The minimum atomic E-state index is 0.944. The van der Waals surface area contributed by atoms with Crippen molar-refractivity contribution in [1.29, 1.82) is 0 Å². The average Bonchev–Trinajstić information content (AvgIpc) is 2.91. The second-order valence-corrected chi connectivity index (χ2v) is 10.6. The van der Waals surface area contributed by atoms with E-state index in [1.54, 1.807) is 6.08 Å². The molecule has 2 aromatic carbocycles. The van der Waals surface area contributed by atoms with Crippen molar-refractivity contribution in [1.82, 2.24) is 0 Å². The Morgan fingerprint density at radius 2 is 1.32 bits per heavy atom. The zero-order valence-electron chi connectivity index (χ0n) is 27.8. The Bertz CT molecular complexity index is 1040. The quantitative estimate of drug-likeness (QED) is 0.219. The first kappa shape index (κ1) is 39.1. The maximum atomic E-state index is 4.19. The van der Waals surface area contributed by atoms with Crippen LogP contribution >= 0.6 is 0 Å². The molecule has 0 saturated carbocycles. The SMILES string of the molecule is C=C(Nc1cc(C(=C)C)ccc1CCCC)/C(C)=C/C=C(C)C.C=CC.CCC.CCCCc1ccccc1C. The lowest BCUT2D eigenvalue weighted by Crippen LogP contribution is -2.03. The fourth-order valence-corrected chi connectivity index (χ4v) is 3.45. The summed E-state index contributed by atoms with van der Waals surface area (Å²) in [6.45, 7) is 32.7. The molecule has 1 nitrogen and oxygen atoms in total. The highest BCUT2D eigenvalue weighted by molar-refractivity contribution is 5.69. The summed E-state index contributed by atoms with van der Waals surface area (Å²) in [5.74, 6) is 0. The number of unbranched alkanes of at least 4 members (excludes halogenated alkanes) is 2. The molecule has 0 aliphatic carbocycles. The third-order valence-electron chi connectivity index (χ3n) is 5.89. The van der Waals surface area contributed by atoms with Crippen LogP contribution in [-0.4, -0.2) is 0 Å². The predicted molar refractivity (Wildman–Crippen MR) is 187 cm³/mol. The molecular formula is C39H61N. The highest BCUT2D eigenvalue weighted by Gasteiger charge is 2.07. The van der Waals surface area contributed by atoms with Crippen molar-refractivity contribution >= 4 is 11.3 Å². The molecule has 0 unspecified atom stereocenters. The van der Waals surface area contributed by atoms with Gasteiger partial charge in [-0.05, 0) is 101 Å². The normalized spacial score (nSPS) is 9.90. The van der Waals surface area contributed by atoms with Gasteiger partial charge in [0, 0.05) is 11.4 Å². The Balaban J connectivity index is 0. The molecule has 0 saturated heterocycles. The Morgan fingerprint density at radius 3 is 1.80 bits per heavy atom. The van der Waals surface area contributed by atoms with Crippen LogP contribution in [0.15, 0.2) is 97.3 Å². The smallest absolute Gasteiger partial charge is 0.0422 e. The van der Waals surface area contributed by atoms with E-state index in [1.165, 1.54) is 66.4 Å². The van der Waals surface area contributed by atoms with Crippen LogP contribution in [-0.2, 0) is 12.8 Å². The van der Waals surface area contributed by atoms with Crippen LogP contribution in [0, 0.1) is 6.92 Å². The fourth-order valence-electron chi connectivity index (χ4n) is 3.45. The van der Waals surface area contributed by atoms with Crippen molar-refractivity contribution in [3.8, 4) is 0 Å². The standard InChI is InChI=1S/C22H31N.C11H16.C3H8.C3H6/c1-8-9-10-20-13-14-21(17(4)5)15-22(20)23-19(7)18(6)12-11-16(2)3;1-3-4-8-11-9-6-5-7-10(11)2;2*1-3-2/h11-15,23H,4,7-10H2,1-3,5-6H3;5-7,9H,3-4,8H2,1-2H3;3H2,1-2H3;3H,1H2,2H3/b18-12+;;;. The van der Waals surface area contributed by atoms with Gasteiger partial charge in [-0.25, -0.2) is 0 Å². The van der Waals surface area contributed by atoms with Gasteiger partial charge in [0.2, 0.25) is 0 Å². The monoisotopic (exact) mass is 543 g/mol. The van der Waals surface area contributed by atoms with Crippen molar-refractivity contribution in [2.75, 3.05) is 5.32 Å². The molecule has 0 atom stereocenters. The summed E-state index contributed by atoms with van der Waals surface area (Å²) >= 11 is 0. The zero-order valence-corrected chi connectivity index (χ0v) is 27.8. The Kier molecular flexibility index (Phi) is 24.4. The van der Waals surface area contributed by atoms with Gasteiger partial charge in [-0.1, -0.05) is 126 Å². The molecule has 0 aliphatic rings. The van der Waals surface area contributed by atoms with Gasteiger partial charge in [0.15, 0.2) is 0 Å². The zero-order chi connectivity index (χ0) is 30.9. The summed E-state index contributed by atoms with van der Waals surface area (Å²) < 4.78 is 0. The van der Waals surface area contributed by atoms with E-state index >= 15 is 0 Å². The minimum absolute atomic E-state index is 0.944. The van der Waals surface area contributed by atoms with Gasteiger partial charge < -0.3 is 5.32 Å². The second kappa shape index (κ2) is 24.9.